The van der Waals surface area contributed by atoms with Crippen molar-refractivity contribution in [1.29, 1.82) is 0 Å². The van der Waals surface area contributed by atoms with Gasteiger partial charge in [-0.3, -0.25) is 9.78 Å². The molecule has 1 aliphatic rings. The summed E-state index contributed by atoms with van der Waals surface area (Å²) in [6.07, 6.45) is 7.82. The average Bonchev–Trinajstić information content (AvgIpc) is 2.90. The van der Waals surface area contributed by atoms with Crippen molar-refractivity contribution in [1.82, 2.24) is 4.98 Å². The minimum Gasteiger partial charge on any atom is -0.308 e. The lowest BCUT2D eigenvalue weighted by Crippen LogP contribution is -2.26. The molecule has 19 heavy (non-hydrogen) atoms. The van der Waals surface area contributed by atoms with Gasteiger partial charge in [0.15, 0.2) is 0 Å². The summed E-state index contributed by atoms with van der Waals surface area (Å²) >= 11 is 0. The van der Waals surface area contributed by atoms with E-state index in [9.17, 15) is 4.79 Å². The van der Waals surface area contributed by atoms with Crippen LogP contribution in [0.25, 0.3) is 6.08 Å². The van der Waals surface area contributed by atoms with Crippen LogP contribution >= 0.6 is 0 Å². The Labute approximate surface area is 112 Å². The summed E-state index contributed by atoms with van der Waals surface area (Å²) in [7, 11) is 0. The molecular weight excluding hydrogens is 236 g/mol. The highest BCUT2D eigenvalue weighted by Gasteiger charge is 2.22. The number of rotatable bonds is 2. The van der Waals surface area contributed by atoms with E-state index in [-0.39, 0.29) is 5.91 Å². The van der Waals surface area contributed by atoms with E-state index in [1.165, 1.54) is 5.56 Å². The van der Waals surface area contributed by atoms with Crippen LogP contribution in [0.2, 0.25) is 0 Å². The van der Waals surface area contributed by atoms with Gasteiger partial charge in [-0.1, -0.05) is 18.2 Å². The van der Waals surface area contributed by atoms with E-state index in [0.29, 0.717) is 0 Å². The van der Waals surface area contributed by atoms with Gasteiger partial charge in [0.1, 0.15) is 0 Å². The maximum absolute atomic E-state index is 12.2. The van der Waals surface area contributed by atoms with Gasteiger partial charge in [0.05, 0.1) is 0 Å². The largest absolute Gasteiger partial charge is 0.308 e. The molecule has 0 aliphatic carbocycles. The molecule has 3 rings (SSSR count). The molecular formula is C16H14N2O. The minimum atomic E-state index is 0.0294. The maximum Gasteiger partial charge on any atom is 0.251 e. The van der Waals surface area contributed by atoms with Crippen LogP contribution in [0.15, 0.2) is 54.9 Å². The van der Waals surface area contributed by atoms with Gasteiger partial charge in [0.25, 0.3) is 5.91 Å². The Hall–Kier alpha value is -2.42. The highest BCUT2D eigenvalue weighted by molar-refractivity contribution is 6.05. The number of anilines is 1. The van der Waals surface area contributed by atoms with Gasteiger partial charge in [0, 0.05) is 30.7 Å². The fraction of sp³-hybridized carbons (Fsp3) is 0.125. The van der Waals surface area contributed by atoms with Crippen molar-refractivity contribution in [2.45, 2.75) is 6.42 Å². The molecule has 0 saturated heterocycles. The summed E-state index contributed by atoms with van der Waals surface area (Å²) in [5.41, 5.74) is 3.26. The Morgan fingerprint density at radius 3 is 2.79 bits per heavy atom. The number of hydrogen-bond donors (Lipinski definition) is 0. The maximum atomic E-state index is 12.2. The molecule has 0 atom stereocenters. The van der Waals surface area contributed by atoms with Gasteiger partial charge in [-0.2, -0.15) is 0 Å². The Bertz CT molecular complexity index is 620. The van der Waals surface area contributed by atoms with Gasteiger partial charge in [0.2, 0.25) is 0 Å². The molecule has 3 nitrogen and oxygen atoms in total. The molecule has 1 aromatic heterocycles. The minimum absolute atomic E-state index is 0.0294. The second-order valence-corrected chi connectivity index (χ2v) is 4.48. The summed E-state index contributed by atoms with van der Waals surface area (Å²) in [5, 5.41) is 0. The smallest absolute Gasteiger partial charge is 0.251 e. The van der Waals surface area contributed by atoms with E-state index < -0.39 is 0 Å². The number of aromatic nitrogens is 1. The summed E-state index contributed by atoms with van der Waals surface area (Å²) in [6, 6.07) is 11.8. The number of para-hydroxylation sites is 1. The Morgan fingerprint density at radius 2 is 1.95 bits per heavy atom. The van der Waals surface area contributed by atoms with Crippen LogP contribution in [-0.4, -0.2) is 17.4 Å². The van der Waals surface area contributed by atoms with Crippen molar-refractivity contribution in [3.8, 4) is 0 Å². The Balaban J connectivity index is 1.78. The molecule has 2 heterocycles. The Morgan fingerprint density at radius 1 is 1.16 bits per heavy atom. The molecule has 94 valence electrons. The average molecular weight is 250 g/mol. The lowest BCUT2D eigenvalue weighted by atomic mass is 10.2. The van der Waals surface area contributed by atoms with Crippen molar-refractivity contribution in [2.75, 3.05) is 11.4 Å². The predicted octanol–water partition coefficient (Wildman–Crippen LogP) is 2.68. The molecule has 0 bridgehead atoms. The van der Waals surface area contributed by atoms with Gasteiger partial charge in [-0.05, 0) is 41.8 Å². The molecule has 0 spiro atoms. The lowest BCUT2D eigenvalue weighted by Gasteiger charge is -2.14. The van der Waals surface area contributed by atoms with Gasteiger partial charge in [-0.15, -0.1) is 0 Å². The molecule has 1 aromatic carbocycles. The fourth-order valence-corrected chi connectivity index (χ4v) is 2.30. The molecule has 0 N–H and O–H groups in total. The molecule has 2 aromatic rings. The molecule has 3 heteroatoms. The number of pyridine rings is 1. The topological polar surface area (TPSA) is 33.2 Å². The van der Waals surface area contributed by atoms with Crippen LogP contribution in [0.5, 0.6) is 0 Å². The first-order chi connectivity index (χ1) is 9.34. The third-order valence-corrected chi connectivity index (χ3v) is 3.28. The Kier molecular flexibility index (Phi) is 3.11. The van der Waals surface area contributed by atoms with Crippen LogP contribution in [0.4, 0.5) is 5.69 Å². The lowest BCUT2D eigenvalue weighted by molar-refractivity contribution is -0.114. The van der Waals surface area contributed by atoms with Crippen molar-refractivity contribution < 1.29 is 4.79 Å². The van der Waals surface area contributed by atoms with Crippen molar-refractivity contribution >= 4 is 17.7 Å². The van der Waals surface area contributed by atoms with E-state index in [4.69, 9.17) is 0 Å². The zero-order chi connectivity index (χ0) is 13.1. The number of amides is 1. The summed E-state index contributed by atoms with van der Waals surface area (Å²) in [4.78, 5) is 18.0. The zero-order valence-corrected chi connectivity index (χ0v) is 10.5. The van der Waals surface area contributed by atoms with Gasteiger partial charge in [-0.25, -0.2) is 0 Å². The number of carbonyl (C=O) groups excluding carboxylic acids is 1. The first-order valence-electron chi connectivity index (χ1n) is 6.32. The van der Waals surface area contributed by atoms with E-state index in [2.05, 4.69) is 11.1 Å². The number of carbonyl (C=O) groups is 1. The second kappa shape index (κ2) is 5.06. The molecule has 1 amide bonds. The number of nitrogens with zero attached hydrogens (tertiary/aromatic N) is 2. The van der Waals surface area contributed by atoms with Crippen LogP contribution in [0, 0.1) is 0 Å². The SMILES string of the molecule is O=C(/C=C/c1ccncc1)N1CCc2ccccc21. The highest BCUT2D eigenvalue weighted by atomic mass is 16.2. The first kappa shape index (κ1) is 11.7. The van der Waals surface area contributed by atoms with Crippen LogP contribution in [-0.2, 0) is 11.2 Å². The van der Waals surface area contributed by atoms with Crippen molar-refractivity contribution in [3.05, 3.63) is 66.0 Å². The quantitative estimate of drug-likeness (QED) is 0.768. The van der Waals surface area contributed by atoms with Crippen molar-refractivity contribution in [2.24, 2.45) is 0 Å². The van der Waals surface area contributed by atoms with Crippen LogP contribution in [0.1, 0.15) is 11.1 Å². The third-order valence-electron chi connectivity index (χ3n) is 3.28. The monoisotopic (exact) mass is 250 g/mol. The summed E-state index contributed by atoms with van der Waals surface area (Å²) in [5.74, 6) is 0.0294. The van der Waals surface area contributed by atoms with Crippen LogP contribution in [0.3, 0.4) is 0 Å². The second-order valence-electron chi connectivity index (χ2n) is 4.48. The number of fused-ring (bicyclic) bond motifs is 1. The summed E-state index contributed by atoms with van der Waals surface area (Å²) < 4.78 is 0. The molecule has 1 aliphatic heterocycles. The molecule has 0 saturated carbocycles. The standard InChI is InChI=1S/C16H14N2O/c19-16(6-5-13-7-10-17-11-8-13)18-12-9-14-3-1-2-4-15(14)18/h1-8,10-11H,9,12H2/b6-5+. The van der Waals surface area contributed by atoms with E-state index in [0.717, 1.165) is 24.2 Å². The third kappa shape index (κ3) is 2.40. The first-order valence-corrected chi connectivity index (χ1v) is 6.32. The number of benzene rings is 1. The van der Waals surface area contributed by atoms with Crippen molar-refractivity contribution in [3.63, 3.8) is 0 Å². The summed E-state index contributed by atoms with van der Waals surface area (Å²) in [6.45, 7) is 0.763. The molecule has 0 fully saturated rings. The van der Waals surface area contributed by atoms with E-state index in [1.54, 1.807) is 18.5 Å². The highest BCUT2D eigenvalue weighted by Crippen LogP contribution is 2.27. The van der Waals surface area contributed by atoms with E-state index in [1.807, 2.05) is 41.3 Å². The molecule has 0 radical (unpaired) electrons. The zero-order valence-electron chi connectivity index (χ0n) is 10.5. The van der Waals surface area contributed by atoms with E-state index >= 15 is 0 Å². The normalized spacial score (nSPS) is 13.8. The number of hydrogen-bond acceptors (Lipinski definition) is 2. The van der Waals surface area contributed by atoms with Crippen LogP contribution < -0.4 is 4.90 Å². The predicted molar refractivity (Wildman–Crippen MR) is 75.8 cm³/mol. The molecule has 0 unspecified atom stereocenters. The van der Waals surface area contributed by atoms with Gasteiger partial charge >= 0.3 is 0 Å². The fourth-order valence-electron chi connectivity index (χ4n) is 2.30. The van der Waals surface area contributed by atoms with Gasteiger partial charge < -0.3 is 4.90 Å².